The third-order valence-electron chi connectivity index (χ3n) is 2.49. The molecule has 4 nitrogen and oxygen atoms in total. The van der Waals surface area contributed by atoms with Gasteiger partial charge in [0.15, 0.2) is 8.67 Å². The van der Waals surface area contributed by atoms with Gasteiger partial charge >= 0.3 is 0 Å². The van der Waals surface area contributed by atoms with Crippen molar-refractivity contribution in [2.75, 3.05) is 13.1 Å². The molecule has 0 radical (unpaired) electrons. The number of hydrogen-bond acceptors (Lipinski definition) is 2. The Bertz CT molecular complexity index is 303. The first-order valence-electron chi connectivity index (χ1n) is 6.49. The van der Waals surface area contributed by atoms with Crippen LogP contribution in [-0.4, -0.2) is 33.6 Å². The molecule has 0 aliphatic heterocycles. The minimum absolute atomic E-state index is 0.0296. The largest absolute Gasteiger partial charge is 0.354 e. The van der Waals surface area contributed by atoms with E-state index in [1.165, 1.54) is 0 Å². The normalized spacial score (nSPS) is 12.1. The fourth-order valence-electron chi connectivity index (χ4n) is 1.28. The van der Waals surface area contributed by atoms with Gasteiger partial charge in [-0.2, -0.15) is 0 Å². The molecule has 2 N–H and O–H groups in total. The van der Waals surface area contributed by atoms with Crippen molar-refractivity contribution in [3.8, 4) is 0 Å². The van der Waals surface area contributed by atoms with E-state index in [2.05, 4.69) is 10.6 Å². The number of nitrogens with one attached hydrogen (secondary N) is 2. The first kappa shape index (κ1) is 20.1. The quantitative estimate of drug-likeness (QED) is 0.616. The smallest absolute Gasteiger partial charge is 0.256 e. The number of hydrogen-bond donors (Lipinski definition) is 2. The number of carbonyl (C=O) groups is 2. The maximum atomic E-state index is 11.7. The Morgan fingerprint density at radius 3 is 1.35 bits per heavy atom. The molecule has 0 saturated carbocycles. The highest BCUT2D eigenvalue weighted by atomic mass is 35.5. The van der Waals surface area contributed by atoms with Crippen LogP contribution in [0.1, 0.15) is 39.5 Å². The lowest BCUT2D eigenvalue weighted by atomic mass is 10.1. The molecule has 0 aliphatic carbocycles. The molecule has 0 aromatic carbocycles. The standard InChI is InChI=1S/C12H20Cl4N2O2/c1-3-7-17-9(19)11(13,14)5-6-12(15,16)10(20)18-8-4-2/h3-8H2,1-2H3,(H,17,19)(H,18,20). The zero-order valence-electron chi connectivity index (χ0n) is 11.6. The van der Waals surface area contributed by atoms with Crippen LogP contribution >= 0.6 is 46.4 Å². The van der Waals surface area contributed by atoms with Crippen LogP contribution in [0.2, 0.25) is 0 Å². The van der Waals surface area contributed by atoms with E-state index in [0.29, 0.717) is 13.1 Å². The van der Waals surface area contributed by atoms with Gasteiger partial charge in [-0.15, -0.1) is 0 Å². The second-order valence-electron chi connectivity index (χ2n) is 4.42. The highest BCUT2D eigenvalue weighted by Crippen LogP contribution is 2.35. The van der Waals surface area contributed by atoms with Crippen molar-refractivity contribution in [1.29, 1.82) is 0 Å². The number of halogens is 4. The average molecular weight is 366 g/mol. The molecule has 0 heterocycles. The molecule has 118 valence electrons. The molecule has 0 spiro atoms. The predicted octanol–water partition coefficient (Wildman–Crippen LogP) is 3.17. The third-order valence-corrected chi connectivity index (χ3v) is 3.93. The van der Waals surface area contributed by atoms with Crippen molar-refractivity contribution in [2.24, 2.45) is 0 Å². The third kappa shape index (κ3) is 7.21. The van der Waals surface area contributed by atoms with Crippen LogP contribution in [0.4, 0.5) is 0 Å². The zero-order valence-corrected chi connectivity index (χ0v) is 14.6. The number of alkyl halides is 4. The van der Waals surface area contributed by atoms with Gasteiger partial charge in [0.05, 0.1) is 0 Å². The summed E-state index contributed by atoms with van der Waals surface area (Å²) in [6.07, 6.45) is 1.48. The Morgan fingerprint density at radius 1 is 0.800 bits per heavy atom. The van der Waals surface area contributed by atoms with E-state index in [9.17, 15) is 9.59 Å². The summed E-state index contributed by atoms with van der Waals surface area (Å²) in [5, 5.41) is 5.17. The average Bonchev–Trinajstić information content (AvgIpc) is 2.39. The van der Waals surface area contributed by atoms with Gasteiger partial charge in [0, 0.05) is 13.1 Å². The monoisotopic (exact) mass is 364 g/mol. The van der Waals surface area contributed by atoms with Gasteiger partial charge in [0.2, 0.25) is 0 Å². The van der Waals surface area contributed by atoms with E-state index >= 15 is 0 Å². The lowest BCUT2D eigenvalue weighted by Crippen LogP contribution is -2.43. The van der Waals surface area contributed by atoms with E-state index < -0.39 is 20.5 Å². The number of rotatable bonds is 9. The van der Waals surface area contributed by atoms with Crippen molar-refractivity contribution in [3.63, 3.8) is 0 Å². The summed E-state index contributed by atoms with van der Waals surface area (Å²) in [7, 11) is 0. The second-order valence-corrected chi connectivity index (χ2v) is 7.39. The van der Waals surface area contributed by atoms with E-state index in [-0.39, 0.29) is 12.8 Å². The molecule has 0 aromatic heterocycles. The molecule has 2 amide bonds. The van der Waals surface area contributed by atoms with Crippen LogP contribution < -0.4 is 10.6 Å². The Labute approximate surface area is 139 Å². The molecule has 8 heteroatoms. The molecule has 0 atom stereocenters. The maximum absolute atomic E-state index is 11.7. The first-order chi connectivity index (χ1) is 9.17. The summed E-state index contributed by atoms with van der Waals surface area (Å²) in [6.45, 7) is 4.77. The molecule has 0 unspecified atom stereocenters. The van der Waals surface area contributed by atoms with E-state index in [1.54, 1.807) is 0 Å². The molecule has 20 heavy (non-hydrogen) atoms. The fourth-order valence-corrected chi connectivity index (χ4v) is 1.92. The second kappa shape index (κ2) is 9.19. The fraction of sp³-hybridized carbons (Fsp3) is 0.833. The predicted molar refractivity (Wildman–Crippen MR) is 84.7 cm³/mol. The summed E-state index contributed by atoms with van der Waals surface area (Å²) >= 11 is 23.8. The van der Waals surface area contributed by atoms with Gasteiger partial charge in [-0.1, -0.05) is 60.3 Å². The van der Waals surface area contributed by atoms with Crippen molar-refractivity contribution >= 4 is 58.2 Å². The van der Waals surface area contributed by atoms with Crippen LogP contribution in [0.3, 0.4) is 0 Å². The summed E-state index contributed by atoms with van der Waals surface area (Å²) in [5.74, 6) is -1.03. The summed E-state index contributed by atoms with van der Waals surface area (Å²) < 4.78 is -3.32. The van der Waals surface area contributed by atoms with Crippen molar-refractivity contribution in [3.05, 3.63) is 0 Å². The molecule has 0 fully saturated rings. The Hall–Kier alpha value is 0.1000. The maximum Gasteiger partial charge on any atom is 0.256 e. The molecule has 0 saturated heterocycles. The van der Waals surface area contributed by atoms with Gasteiger partial charge < -0.3 is 10.6 Å². The molecule has 0 aromatic rings. The van der Waals surface area contributed by atoms with Crippen molar-refractivity contribution in [1.82, 2.24) is 10.6 Å². The van der Waals surface area contributed by atoms with Gasteiger partial charge in [0.25, 0.3) is 11.8 Å². The number of amides is 2. The van der Waals surface area contributed by atoms with Crippen molar-refractivity contribution < 1.29 is 9.59 Å². The lowest BCUT2D eigenvalue weighted by Gasteiger charge is -2.23. The highest BCUT2D eigenvalue weighted by molar-refractivity contribution is 6.59. The van der Waals surface area contributed by atoms with Crippen LogP contribution in [-0.2, 0) is 9.59 Å². The SMILES string of the molecule is CCCNC(=O)C(Cl)(Cl)CCC(Cl)(Cl)C(=O)NCCC. The Morgan fingerprint density at radius 2 is 1.10 bits per heavy atom. The highest BCUT2D eigenvalue weighted by Gasteiger charge is 2.40. The Balaban J connectivity index is 4.42. The topological polar surface area (TPSA) is 58.2 Å². The van der Waals surface area contributed by atoms with Gasteiger partial charge in [0.1, 0.15) is 0 Å². The summed E-state index contributed by atoms with van der Waals surface area (Å²) in [4.78, 5) is 23.4. The van der Waals surface area contributed by atoms with Gasteiger partial charge in [-0.25, -0.2) is 0 Å². The van der Waals surface area contributed by atoms with Crippen LogP contribution in [0, 0.1) is 0 Å². The minimum atomic E-state index is -1.66. The van der Waals surface area contributed by atoms with Crippen LogP contribution in [0.5, 0.6) is 0 Å². The van der Waals surface area contributed by atoms with E-state index in [1.807, 2.05) is 13.8 Å². The van der Waals surface area contributed by atoms with Crippen LogP contribution in [0.15, 0.2) is 0 Å². The lowest BCUT2D eigenvalue weighted by molar-refractivity contribution is -0.123. The van der Waals surface area contributed by atoms with Crippen molar-refractivity contribution in [2.45, 2.75) is 48.2 Å². The molecular weight excluding hydrogens is 346 g/mol. The van der Waals surface area contributed by atoms with Crippen LogP contribution in [0.25, 0.3) is 0 Å². The first-order valence-corrected chi connectivity index (χ1v) is 8.00. The minimum Gasteiger partial charge on any atom is -0.354 e. The van der Waals surface area contributed by atoms with E-state index in [0.717, 1.165) is 12.8 Å². The molecular formula is C12H20Cl4N2O2. The van der Waals surface area contributed by atoms with E-state index in [4.69, 9.17) is 46.4 Å². The zero-order chi connectivity index (χ0) is 15.8. The van der Waals surface area contributed by atoms with Gasteiger partial charge in [-0.05, 0) is 25.7 Å². The molecule has 0 bridgehead atoms. The molecule has 0 aliphatic rings. The summed E-state index contributed by atoms with van der Waals surface area (Å²) in [6, 6.07) is 0. The number of carbonyl (C=O) groups excluding carboxylic acids is 2. The Kier molecular flexibility index (Phi) is 9.23. The van der Waals surface area contributed by atoms with Gasteiger partial charge in [-0.3, -0.25) is 9.59 Å². The molecule has 0 rings (SSSR count). The summed E-state index contributed by atoms with van der Waals surface area (Å²) in [5.41, 5.74) is 0.